The van der Waals surface area contributed by atoms with Gasteiger partial charge in [-0.15, -0.1) is 6.58 Å². The summed E-state index contributed by atoms with van der Waals surface area (Å²) in [5.74, 6) is -9.89. The van der Waals surface area contributed by atoms with Crippen LogP contribution >= 0.6 is 0 Å². The fraction of sp³-hybridized carbons (Fsp3) is 0.353. The maximum Gasteiger partial charge on any atom is 0.322 e. The summed E-state index contributed by atoms with van der Waals surface area (Å²) in [6, 6.07) is 0. The van der Waals surface area contributed by atoms with Crippen LogP contribution in [0.5, 0.6) is 0 Å². The quantitative estimate of drug-likeness (QED) is 0.0947. The Balaban J connectivity index is 3.58. The molecule has 0 aliphatic heterocycles. The topological polar surface area (TPSA) is 98.9 Å². The normalized spacial score (nSPS) is 12.0. The molecular formula is C17H17F3N2O5. The lowest BCUT2D eigenvalue weighted by Gasteiger charge is -2.13. The Kier molecular flexibility index (Phi) is 7.82. The molecule has 0 saturated carbocycles. The Bertz CT molecular complexity index is 808. The predicted octanol–water partition coefficient (Wildman–Crippen LogP) is 3.33. The third kappa shape index (κ3) is 4.78. The first kappa shape index (κ1) is 22.0. The lowest BCUT2D eigenvalue weighted by Crippen LogP contribution is -2.30. The van der Waals surface area contributed by atoms with Gasteiger partial charge in [0, 0.05) is 11.8 Å². The highest BCUT2D eigenvalue weighted by atomic mass is 19.2. The van der Waals surface area contributed by atoms with E-state index in [9.17, 15) is 32.9 Å². The Morgan fingerprint density at radius 3 is 2.44 bits per heavy atom. The summed E-state index contributed by atoms with van der Waals surface area (Å²) in [6.45, 7) is 5.80. The summed E-state index contributed by atoms with van der Waals surface area (Å²) in [5, 5.41) is 11.1. The zero-order chi connectivity index (χ0) is 20.7. The van der Waals surface area contributed by atoms with Gasteiger partial charge in [0.1, 0.15) is 11.4 Å². The Labute approximate surface area is 152 Å². The van der Waals surface area contributed by atoms with E-state index in [2.05, 4.69) is 11.6 Å². The predicted molar refractivity (Wildman–Crippen MR) is 90.3 cm³/mol. The minimum absolute atomic E-state index is 0.00772. The molecule has 1 aromatic rings. The molecule has 0 saturated heterocycles. The van der Waals surface area contributed by atoms with Crippen LogP contribution in [0.3, 0.4) is 0 Å². The minimum atomic E-state index is -1.99. The molecule has 1 unspecified atom stereocenters. The molecule has 1 atom stereocenters. The maximum absolute atomic E-state index is 14.4. The van der Waals surface area contributed by atoms with Gasteiger partial charge in [-0.05, 0) is 13.3 Å². The number of nitro groups is 1. The number of carbonyl (C=O) groups is 2. The summed E-state index contributed by atoms with van der Waals surface area (Å²) in [5.41, 5.74) is -3.96. The zero-order valence-corrected chi connectivity index (χ0v) is 14.6. The van der Waals surface area contributed by atoms with Gasteiger partial charge in [-0.2, -0.15) is 4.39 Å². The third-order valence-electron chi connectivity index (χ3n) is 3.42. The van der Waals surface area contributed by atoms with Gasteiger partial charge in [-0.25, -0.2) is 8.78 Å². The molecule has 146 valence electrons. The van der Waals surface area contributed by atoms with Crippen molar-refractivity contribution in [1.29, 1.82) is 0 Å². The molecule has 0 N–H and O–H groups in total. The molecule has 0 spiro atoms. The van der Waals surface area contributed by atoms with E-state index in [0.717, 1.165) is 13.1 Å². The van der Waals surface area contributed by atoms with Crippen LogP contribution in [0.25, 0.3) is 0 Å². The molecular weight excluding hydrogens is 369 g/mol. The number of Topliss-reactive ketones (excluding diaryl/α,β-unsaturated/α-hetero) is 1. The van der Waals surface area contributed by atoms with E-state index in [1.165, 1.54) is 6.08 Å². The van der Waals surface area contributed by atoms with E-state index >= 15 is 0 Å². The number of rotatable bonds is 9. The Hall–Kier alpha value is -3.04. The van der Waals surface area contributed by atoms with Crippen molar-refractivity contribution in [2.45, 2.75) is 20.3 Å². The second-order valence-corrected chi connectivity index (χ2v) is 5.36. The highest BCUT2D eigenvalue weighted by Crippen LogP contribution is 2.32. The largest absolute Gasteiger partial charge is 0.465 e. The van der Waals surface area contributed by atoms with Crippen molar-refractivity contribution in [3.05, 3.63) is 51.3 Å². The first-order valence-electron chi connectivity index (χ1n) is 7.82. The lowest BCUT2D eigenvalue weighted by molar-refractivity contribution is -0.388. The molecule has 27 heavy (non-hydrogen) atoms. The molecule has 7 nitrogen and oxygen atoms in total. The number of esters is 1. The second-order valence-electron chi connectivity index (χ2n) is 5.36. The smallest absolute Gasteiger partial charge is 0.322 e. The summed E-state index contributed by atoms with van der Waals surface area (Å²) < 4.78 is 46.9. The van der Waals surface area contributed by atoms with Crippen LogP contribution in [0.15, 0.2) is 17.6 Å². The van der Waals surface area contributed by atoms with Gasteiger partial charge in [0.15, 0.2) is 17.5 Å². The van der Waals surface area contributed by atoms with Gasteiger partial charge in [-0.3, -0.25) is 24.7 Å². The number of ketones is 1. The van der Waals surface area contributed by atoms with Gasteiger partial charge in [0.25, 0.3) is 0 Å². The molecule has 0 aliphatic rings. The molecule has 0 heterocycles. The number of hydrogen-bond acceptors (Lipinski definition) is 6. The SMILES string of the molecule is C=CCN=CC(C(=O)OCCC)C(=O)c1c(F)c(C)c(F)c(F)c1[N+](=O)[O-]. The van der Waals surface area contributed by atoms with Gasteiger partial charge in [0.05, 0.1) is 18.1 Å². The number of benzene rings is 1. The second kappa shape index (κ2) is 9.60. The van der Waals surface area contributed by atoms with Crippen LogP contribution in [0.2, 0.25) is 0 Å². The number of aliphatic imine (C=N–C) groups is 1. The van der Waals surface area contributed by atoms with E-state index < -0.39 is 56.9 Å². The zero-order valence-electron chi connectivity index (χ0n) is 14.6. The van der Waals surface area contributed by atoms with Gasteiger partial charge < -0.3 is 4.74 Å². The molecule has 0 aromatic heterocycles. The van der Waals surface area contributed by atoms with Crippen molar-refractivity contribution in [3.8, 4) is 0 Å². The average molecular weight is 386 g/mol. The first-order valence-corrected chi connectivity index (χ1v) is 7.82. The molecule has 0 fully saturated rings. The van der Waals surface area contributed by atoms with Crippen LogP contribution < -0.4 is 0 Å². The van der Waals surface area contributed by atoms with Crippen molar-refractivity contribution >= 4 is 23.7 Å². The van der Waals surface area contributed by atoms with Crippen molar-refractivity contribution in [2.24, 2.45) is 10.9 Å². The summed E-state index contributed by atoms with van der Waals surface area (Å²) in [4.78, 5) is 38.2. The van der Waals surface area contributed by atoms with Gasteiger partial charge >= 0.3 is 11.7 Å². The van der Waals surface area contributed by atoms with Gasteiger partial charge in [-0.1, -0.05) is 13.0 Å². The fourth-order valence-corrected chi connectivity index (χ4v) is 2.09. The van der Waals surface area contributed by atoms with Crippen LogP contribution in [0.4, 0.5) is 18.9 Å². The van der Waals surface area contributed by atoms with Crippen molar-refractivity contribution < 1.29 is 32.4 Å². The van der Waals surface area contributed by atoms with Crippen LogP contribution in [-0.2, 0) is 9.53 Å². The first-order chi connectivity index (χ1) is 12.7. The third-order valence-corrected chi connectivity index (χ3v) is 3.42. The molecule has 0 radical (unpaired) electrons. The monoisotopic (exact) mass is 386 g/mol. The number of nitro benzene ring substituents is 1. The molecule has 1 aromatic carbocycles. The van der Waals surface area contributed by atoms with E-state index in [4.69, 9.17) is 4.74 Å². The maximum atomic E-state index is 14.4. The molecule has 1 rings (SSSR count). The van der Waals surface area contributed by atoms with Crippen molar-refractivity contribution in [3.63, 3.8) is 0 Å². The molecule has 10 heteroatoms. The molecule has 0 aliphatic carbocycles. The molecule has 0 amide bonds. The number of ether oxygens (including phenoxy) is 1. The van der Waals surface area contributed by atoms with Crippen LogP contribution in [0, 0.1) is 40.4 Å². The number of hydrogen-bond donors (Lipinski definition) is 0. The van der Waals surface area contributed by atoms with E-state index in [1.54, 1.807) is 6.92 Å². The Morgan fingerprint density at radius 1 is 1.30 bits per heavy atom. The van der Waals surface area contributed by atoms with Crippen molar-refractivity contribution in [1.82, 2.24) is 0 Å². The summed E-state index contributed by atoms with van der Waals surface area (Å²) >= 11 is 0. The minimum Gasteiger partial charge on any atom is -0.465 e. The number of halogens is 3. The Morgan fingerprint density at radius 2 is 1.93 bits per heavy atom. The van der Waals surface area contributed by atoms with E-state index in [0.29, 0.717) is 6.42 Å². The summed E-state index contributed by atoms with van der Waals surface area (Å²) in [7, 11) is 0. The molecule has 0 bridgehead atoms. The van der Waals surface area contributed by atoms with Crippen LogP contribution in [0.1, 0.15) is 29.3 Å². The number of nitrogens with zero attached hydrogens (tertiary/aromatic N) is 2. The van der Waals surface area contributed by atoms with Crippen molar-refractivity contribution in [2.75, 3.05) is 13.2 Å². The van der Waals surface area contributed by atoms with E-state index in [-0.39, 0.29) is 13.2 Å². The summed E-state index contributed by atoms with van der Waals surface area (Å²) in [6.07, 6.45) is 2.55. The standard InChI is InChI=1S/C17H17F3N2O5/c1-4-6-21-8-10(17(24)27-7-5-2)16(23)11-12(18)9(3)13(19)14(20)15(11)22(25)26/h4,8,10H,1,5-7H2,2-3H3. The lowest BCUT2D eigenvalue weighted by atomic mass is 9.94. The van der Waals surface area contributed by atoms with Crippen LogP contribution in [-0.4, -0.2) is 36.0 Å². The van der Waals surface area contributed by atoms with Gasteiger partial charge in [0.2, 0.25) is 5.82 Å². The fourth-order valence-electron chi connectivity index (χ4n) is 2.09. The highest BCUT2D eigenvalue weighted by molar-refractivity contribution is 6.20. The average Bonchev–Trinajstić information content (AvgIpc) is 2.63. The number of carbonyl (C=O) groups excluding carboxylic acids is 2. The highest BCUT2D eigenvalue weighted by Gasteiger charge is 2.39. The van der Waals surface area contributed by atoms with E-state index in [1.807, 2.05) is 0 Å².